The highest BCUT2D eigenvalue weighted by Gasteiger charge is 2.44. The van der Waals surface area contributed by atoms with Gasteiger partial charge in [-0.15, -0.1) is 5.10 Å². The molecule has 0 radical (unpaired) electrons. The number of amides is 1. The van der Waals surface area contributed by atoms with Crippen LogP contribution in [0, 0.1) is 5.92 Å². The maximum absolute atomic E-state index is 14.0. The van der Waals surface area contributed by atoms with Crippen LogP contribution < -0.4 is 19.9 Å². The van der Waals surface area contributed by atoms with Gasteiger partial charge in [0.15, 0.2) is 12.6 Å². The van der Waals surface area contributed by atoms with Crippen LogP contribution in [-0.2, 0) is 39.8 Å². The average Bonchev–Trinajstić information content (AvgIpc) is 3.55. The summed E-state index contributed by atoms with van der Waals surface area (Å²) in [6.45, 7) is 11.8. The van der Waals surface area contributed by atoms with Gasteiger partial charge in [-0.1, -0.05) is 55.5 Å². The van der Waals surface area contributed by atoms with Crippen molar-refractivity contribution in [3.05, 3.63) is 106 Å². The molecule has 18 nitrogen and oxygen atoms in total. The van der Waals surface area contributed by atoms with Crippen molar-refractivity contribution < 1.29 is 62.6 Å². The Bertz CT molecular complexity index is 2370. The van der Waals surface area contributed by atoms with E-state index in [1.807, 2.05) is 63.3 Å². The number of ether oxygens (including phenoxy) is 8. The molecule has 0 unspecified atom stereocenters. The van der Waals surface area contributed by atoms with Gasteiger partial charge in [0.1, 0.15) is 53.0 Å². The van der Waals surface area contributed by atoms with Crippen molar-refractivity contribution in [1.82, 2.24) is 15.2 Å². The second-order valence-corrected chi connectivity index (χ2v) is 16.5. The minimum atomic E-state index is -1.27. The normalized spacial score (nSPS) is 21.7. The molecule has 64 heavy (non-hydrogen) atoms. The Balaban J connectivity index is 0.000000548. The number of carboxylic acid groups (broad SMARTS) is 1. The van der Waals surface area contributed by atoms with Crippen LogP contribution in [0.15, 0.2) is 83.7 Å². The summed E-state index contributed by atoms with van der Waals surface area (Å²) in [4.78, 5) is 51.5. The van der Waals surface area contributed by atoms with Crippen LogP contribution in [0.5, 0.6) is 11.5 Å². The highest BCUT2D eigenvalue weighted by molar-refractivity contribution is 6.00. The predicted molar refractivity (Wildman–Crippen MR) is 233 cm³/mol. The predicted octanol–water partition coefficient (Wildman–Crippen LogP) is 6.79. The van der Waals surface area contributed by atoms with Crippen LogP contribution in [0.25, 0.3) is 17.0 Å². The molecule has 2 N–H and O–H groups in total. The summed E-state index contributed by atoms with van der Waals surface area (Å²) >= 11 is 0. The number of hydrogen-bond donors (Lipinski definition) is 2. The summed E-state index contributed by atoms with van der Waals surface area (Å²) in [6, 6.07) is 17.2. The van der Waals surface area contributed by atoms with E-state index >= 15 is 0 Å². The number of aliphatic carboxylic acids is 1. The zero-order valence-electron chi connectivity index (χ0n) is 37.4. The summed E-state index contributed by atoms with van der Waals surface area (Å²) in [7, 11) is 3.03. The van der Waals surface area contributed by atoms with Crippen LogP contribution in [-0.4, -0.2) is 107 Å². The van der Waals surface area contributed by atoms with E-state index in [4.69, 9.17) is 43.1 Å². The molecule has 5 atom stereocenters. The summed E-state index contributed by atoms with van der Waals surface area (Å²) in [5.41, 5.74) is 0.455. The van der Waals surface area contributed by atoms with Gasteiger partial charge in [-0.2, -0.15) is 0 Å². The number of carbonyl (C=O) groups is 3. The third kappa shape index (κ3) is 13.1. The van der Waals surface area contributed by atoms with Crippen molar-refractivity contribution in [2.45, 2.75) is 97.3 Å². The van der Waals surface area contributed by atoms with Gasteiger partial charge >= 0.3 is 23.6 Å². The molecular weight excluding hydrogens is 833 g/mol. The van der Waals surface area contributed by atoms with E-state index in [0.29, 0.717) is 29.5 Å². The lowest BCUT2D eigenvalue weighted by Gasteiger charge is -2.28. The van der Waals surface area contributed by atoms with Crippen molar-refractivity contribution in [3.8, 4) is 11.5 Å². The molecule has 1 saturated heterocycles. The van der Waals surface area contributed by atoms with Crippen LogP contribution in [0.3, 0.4) is 0 Å². The van der Waals surface area contributed by atoms with E-state index in [9.17, 15) is 24.3 Å². The number of hydrogen-bond acceptors (Lipinski definition) is 15. The van der Waals surface area contributed by atoms with Gasteiger partial charge in [0.05, 0.1) is 30.9 Å². The number of rotatable bonds is 10. The Labute approximate surface area is 370 Å². The standard InChI is InChI=1S/C39H51NO12.C7H5N3O2/c1-24-13-18-30(47-22-26-14-16-29(46-9)17-15-26)35-31(50-39(6,7)51-35)12-10-11-27-19-28(40(21-33(41)42)37(44)52-38(3,4)5)20-32(48-23-45-8)34(27)36(43)49-25(24)2;11-7-5-3-1-2-4-6(5)8-9-10(7)12/h10-11,13-20,24-25,30-31,35H,12,21-23H2,1-9H3,(H,41,42);1-4,12H/b11-10+,18-13-;/t24-,25+,30-,31+,35-;/m1./s1. The first kappa shape index (κ1) is 48.7. The molecule has 18 heteroatoms. The molecule has 1 fully saturated rings. The van der Waals surface area contributed by atoms with Gasteiger partial charge < -0.3 is 48.2 Å². The molecule has 2 aliphatic rings. The second-order valence-electron chi connectivity index (χ2n) is 16.5. The van der Waals surface area contributed by atoms with Gasteiger partial charge in [0.2, 0.25) is 0 Å². The molecule has 3 aromatic carbocycles. The molecule has 1 amide bonds. The molecule has 6 rings (SSSR count). The molecule has 4 aromatic rings. The van der Waals surface area contributed by atoms with Gasteiger partial charge in [-0.05, 0) is 99.5 Å². The van der Waals surface area contributed by atoms with Crippen LogP contribution in [0.1, 0.15) is 76.4 Å². The Morgan fingerprint density at radius 1 is 1.00 bits per heavy atom. The quantitative estimate of drug-likeness (QED) is 0.0725. The molecule has 3 heterocycles. The first-order valence-corrected chi connectivity index (χ1v) is 20.5. The van der Waals surface area contributed by atoms with E-state index in [-0.39, 0.29) is 34.6 Å². The molecule has 0 bridgehead atoms. The van der Waals surface area contributed by atoms with Crippen LogP contribution in [0.2, 0.25) is 0 Å². The van der Waals surface area contributed by atoms with Crippen molar-refractivity contribution in [2.75, 3.05) is 32.5 Å². The number of anilines is 1. The Hall–Kier alpha value is -6.34. The molecule has 0 aliphatic carbocycles. The lowest BCUT2D eigenvalue weighted by Crippen LogP contribution is -2.40. The molecular formula is C46H56N4O14. The zero-order valence-corrected chi connectivity index (χ0v) is 37.4. The largest absolute Gasteiger partial charge is 0.497 e. The minimum Gasteiger partial charge on any atom is -0.497 e. The highest BCUT2D eigenvalue weighted by Crippen LogP contribution is 2.36. The van der Waals surface area contributed by atoms with E-state index < -0.39 is 65.9 Å². The lowest BCUT2D eigenvalue weighted by molar-refractivity contribution is -0.156. The first-order chi connectivity index (χ1) is 30.3. The molecule has 2 aliphatic heterocycles. The number of carboxylic acids is 1. The third-order valence-corrected chi connectivity index (χ3v) is 9.88. The fourth-order valence-electron chi connectivity index (χ4n) is 6.66. The zero-order chi connectivity index (χ0) is 46.8. The number of cyclic esters (lactones) is 1. The maximum Gasteiger partial charge on any atom is 0.415 e. The Morgan fingerprint density at radius 3 is 2.39 bits per heavy atom. The second kappa shape index (κ2) is 21.4. The smallest absolute Gasteiger partial charge is 0.415 e. The summed E-state index contributed by atoms with van der Waals surface area (Å²) in [5.74, 6) is -2.36. The van der Waals surface area contributed by atoms with Gasteiger partial charge in [0.25, 0.3) is 0 Å². The minimum absolute atomic E-state index is 0.0249. The van der Waals surface area contributed by atoms with Crippen molar-refractivity contribution in [3.63, 3.8) is 0 Å². The number of nitrogens with zero attached hydrogens (tertiary/aromatic N) is 4. The molecule has 0 saturated carbocycles. The van der Waals surface area contributed by atoms with Gasteiger partial charge in [-0.3, -0.25) is 14.5 Å². The van der Waals surface area contributed by atoms with Crippen LogP contribution >= 0.6 is 0 Å². The van der Waals surface area contributed by atoms with Gasteiger partial charge in [0, 0.05) is 19.1 Å². The Morgan fingerprint density at radius 2 is 1.72 bits per heavy atom. The maximum atomic E-state index is 14.0. The SMILES string of the molecule is COCOc1cc(N(CC(=O)O)C(=O)OC(C)(C)C)cc2c1C(=O)O[C@@H](C)[C@H](C)/C=C\[C@@H](OCc1ccc(OC)cc1)[C@H]1OC(C)(C)O[C@H]1C/C=C/2.O=c1c2ccccc2nnn1O. The monoisotopic (exact) mass is 888 g/mol. The van der Waals surface area contributed by atoms with Crippen molar-refractivity contribution in [1.29, 1.82) is 0 Å². The summed E-state index contributed by atoms with van der Waals surface area (Å²) in [6.07, 6.45) is 4.72. The highest BCUT2D eigenvalue weighted by atomic mass is 16.8. The number of esters is 1. The Kier molecular flexibility index (Phi) is 16.2. The molecule has 1 aromatic heterocycles. The fraction of sp³-hybridized carbons (Fsp3) is 0.435. The van der Waals surface area contributed by atoms with Crippen molar-refractivity contribution in [2.24, 2.45) is 5.92 Å². The fourth-order valence-corrected chi connectivity index (χ4v) is 6.66. The third-order valence-electron chi connectivity index (χ3n) is 9.88. The molecule has 344 valence electrons. The number of fused-ring (bicyclic) bond motifs is 3. The summed E-state index contributed by atoms with van der Waals surface area (Å²) < 4.78 is 47.1. The van der Waals surface area contributed by atoms with E-state index in [2.05, 4.69) is 10.3 Å². The number of carbonyl (C=O) groups excluding carboxylic acids is 2. The molecule has 0 spiro atoms. The average molecular weight is 889 g/mol. The van der Waals surface area contributed by atoms with Crippen LogP contribution in [0.4, 0.5) is 10.5 Å². The van der Waals surface area contributed by atoms with Crippen molar-refractivity contribution >= 4 is 40.7 Å². The van der Waals surface area contributed by atoms with E-state index in [1.165, 1.54) is 19.2 Å². The number of methoxy groups -OCH3 is 2. The lowest BCUT2D eigenvalue weighted by atomic mass is 9.98. The van der Waals surface area contributed by atoms with E-state index in [1.54, 1.807) is 65.1 Å². The van der Waals surface area contributed by atoms with E-state index in [0.717, 1.165) is 16.2 Å². The summed E-state index contributed by atoms with van der Waals surface area (Å²) in [5, 5.41) is 25.8. The topological polar surface area (TPSA) is 217 Å². The van der Waals surface area contributed by atoms with Gasteiger partial charge in [-0.25, -0.2) is 9.59 Å². The number of benzene rings is 3. The number of aromatic nitrogens is 3. The first-order valence-electron chi connectivity index (χ1n) is 20.5.